The number of aliphatic hydroxyl groups is 2. The summed E-state index contributed by atoms with van der Waals surface area (Å²) in [5.74, 6) is -3.30. The third-order valence-corrected chi connectivity index (χ3v) is 5.24. The summed E-state index contributed by atoms with van der Waals surface area (Å²) in [7, 11) is 0. The van der Waals surface area contributed by atoms with E-state index in [-0.39, 0.29) is 17.4 Å². The number of ether oxygens (including phenoxy) is 2. The average molecular weight is 411 g/mol. The van der Waals surface area contributed by atoms with Crippen molar-refractivity contribution in [3.63, 3.8) is 0 Å². The van der Waals surface area contributed by atoms with Crippen molar-refractivity contribution in [3.05, 3.63) is 18.1 Å². The zero-order valence-electron chi connectivity index (χ0n) is 16.5. The van der Waals surface area contributed by atoms with Gasteiger partial charge in [0.2, 0.25) is 5.85 Å². The third kappa shape index (κ3) is 3.54. The van der Waals surface area contributed by atoms with Crippen LogP contribution in [-0.2, 0) is 20.0 Å². The maximum atomic E-state index is 15.4. The highest BCUT2D eigenvalue weighted by molar-refractivity contribution is 5.89. The smallest absolute Gasteiger partial charge is 0.323 e. The summed E-state index contributed by atoms with van der Waals surface area (Å²) in [4.78, 5) is 20.0. The van der Waals surface area contributed by atoms with Gasteiger partial charge in [-0.15, -0.1) is 0 Å². The highest BCUT2D eigenvalue weighted by Crippen LogP contribution is 2.44. The molecular weight excluding hydrogens is 385 g/mol. The summed E-state index contributed by atoms with van der Waals surface area (Å²) < 4.78 is 27.2. The van der Waals surface area contributed by atoms with E-state index in [1.54, 1.807) is 27.0 Å². The molecule has 4 atom stereocenters. The van der Waals surface area contributed by atoms with Gasteiger partial charge < -0.3 is 31.2 Å². The van der Waals surface area contributed by atoms with Gasteiger partial charge in [-0.2, -0.15) is 0 Å². The normalized spacial score (nSPS) is 28.2. The molecule has 0 unspecified atom stereocenters. The van der Waals surface area contributed by atoms with Crippen LogP contribution < -0.4 is 11.5 Å². The van der Waals surface area contributed by atoms with Crippen molar-refractivity contribution in [2.45, 2.75) is 50.9 Å². The van der Waals surface area contributed by atoms with E-state index in [1.165, 1.54) is 10.9 Å². The van der Waals surface area contributed by atoms with E-state index in [9.17, 15) is 15.0 Å². The number of esters is 1. The van der Waals surface area contributed by atoms with E-state index >= 15 is 4.39 Å². The van der Waals surface area contributed by atoms with Gasteiger partial charge in [-0.25, -0.2) is 14.4 Å². The number of aryl methyl sites for hydroxylation is 1. The number of nitrogens with two attached hydrogens (primary N) is 2. The first-order valence-electron chi connectivity index (χ1n) is 9.23. The number of aliphatic hydroxyl groups excluding tert-OH is 2. The van der Waals surface area contributed by atoms with Crippen molar-refractivity contribution in [2.24, 2.45) is 11.7 Å². The van der Waals surface area contributed by atoms with Crippen molar-refractivity contribution in [1.29, 1.82) is 0 Å². The Balaban J connectivity index is 1.92. The zero-order chi connectivity index (χ0) is 21.6. The molecule has 29 heavy (non-hydrogen) atoms. The number of nitrogens with zero attached hydrogens (tertiary/aromatic N) is 3. The molecule has 0 spiro atoms. The lowest BCUT2D eigenvalue weighted by Gasteiger charge is -2.33. The SMILES string of the molecule is Cc1cn([C@]2(CO)O[C@](F)(COC(=O)[C@@H](N)C(C)C)C[C@H]2O)c2ncnc(N)c12. The summed E-state index contributed by atoms with van der Waals surface area (Å²) in [5, 5.41) is 21.2. The molecule has 1 fully saturated rings. The molecule has 2 aromatic heterocycles. The second-order valence-electron chi connectivity index (χ2n) is 7.73. The Kier molecular flexibility index (Phi) is 5.52. The molecule has 1 saturated heterocycles. The number of rotatable bonds is 6. The van der Waals surface area contributed by atoms with E-state index < -0.39 is 49.3 Å². The first-order valence-corrected chi connectivity index (χ1v) is 9.23. The molecule has 3 rings (SSSR count). The number of aromatic nitrogens is 3. The Bertz CT molecular complexity index is 921. The van der Waals surface area contributed by atoms with Crippen molar-refractivity contribution < 1.29 is 28.9 Å². The first-order chi connectivity index (χ1) is 13.5. The predicted molar refractivity (Wildman–Crippen MR) is 101 cm³/mol. The molecule has 0 aliphatic carbocycles. The number of hydrogen-bond donors (Lipinski definition) is 4. The Hall–Kier alpha value is -2.34. The van der Waals surface area contributed by atoms with Gasteiger partial charge in [0.15, 0.2) is 12.3 Å². The van der Waals surface area contributed by atoms with Crippen LogP contribution in [0.2, 0.25) is 0 Å². The van der Waals surface area contributed by atoms with Crippen LogP contribution >= 0.6 is 0 Å². The van der Waals surface area contributed by atoms with Crippen LogP contribution in [0.15, 0.2) is 12.5 Å². The molecule has 0 aromatic carbocycles. The molecule has 0 amide bonds. The van der Waals surface area contributed by atoms with E-state index in [2.05, 4.69) is 9.97 Å². The highest BCUT2D eigenvalue weighted by Gasteiger charge is 2.58. The van der Waals surface area contributed by atoms with Crippen LogP contribution in [0.5, 0.6) is 0 Å². The fraction of sp³-hybridized carbons (Fsp3) is 0.611. The topological polar surface area (TPSA) is 159 Å². The summed E-state index contributed by atoms with van der Waals surface area (Å²) in [5.41, 5.74) is 10.7. The minimum atomic E-state index is -2.53. The Morgan fingerprint density at radius 1 is 1.52 bits per heavy atom. The summed E-state index contributed by atoms with van der Waals surface area (Å²) in [6.07, 6.45) is 0.775. The Morgan fingerprint density at radius 3 is 2.83 bits per heavy atom. The number of hydrogen-bond acceptors (Lipinski definition) is 9. The van der Waals surface area contributed by atoms with E-state index in [0.717, 1.165) is 0 Å². The second-order valence-corrected chi connectivity index (χ2v) is 7.73. The van der Waals surface area contributed by atoms with Crippen LogP contribution in [0, 0.1) is 12.8 Å². The van der Waals surface area contributed by atoms with Crippen LogP contribution in [0.25, 0.3) is 11.0 Å². The number of halogens is 1. The highest BCUT2D eigenvalue weighted by atomic mass is 19.2. The lowest BCUT2D eigenvalue weighted by Crippen LogP contribution is -2.47. The zero-order valence-corrected chi connectivity index (χ0v) is 16.5. The average Bonchev–Trinajstić information content (AvgIpc) is 3.14. The molecule has 6 N–H and O–H groups in total. The van der Waals surface area contributed by atoms with Gasteiger partial charge in [0, 0.05) is 12.6 Å². The molecule has 0 bridgehead atoms. The molecule has 10 nitrogen and oxygen atoms in total. The first kappa shape index (κ1) is 21.4. The van der Waals surface area contributed by atoms with Crippen molar-refractivity contribution in [2.75, 3.05) is 18.9 Å². The predicted octanol–water partition coefficient (Wildman–Crippen LogP) is -0.0595. The van der Waals surface area contributed by atoms with Gasteiger partial charge in [0.1, 0.15) is 29.9 Å². The standard InChI is InChI=1S/C18H26FN5O5/c1-9(2)13(20)16(27)28-7-17(19)4-11(26)18(6-25,29-17)24-5-10(3)12-14(21)22-8-23-15(12)24/h5,8-9,11,13,25-26H,4,6-7,20H2,1-3H3,(H2,21,22,23)/t11-,13+,17+,18-/m1/s1. The monoisotopic (exact) mass is 411 g/mol. The van der Waals surface area contributed by atoms with Gasteiger partial charge in [-0.05, 0) is 18.4 Å². The minimum Gasteiger partial charge on any atom is -0.458 e. The molecule has 1 aliphatic heterocycles. The van der Waals surface area contributed by atoms with Crippen molar-refractivity contribution >= 4 is 22.8 Å². The van der Waals surface area contributed by atoms with E-state index in [0.29, 0.717) is 10.9 Å². The molecule has 2 aromatic rings. The molecule has 160 valence electrons. The van der Waals surface area contributed by atoms with Gasteiger partial charge >= 0.3 is 5.97 Å². The summed E-state index contributed by atoms with van der Waals surface area (Å²) in [6, 6.07) is -0.914. The van der Waals surface area contributed by atoms with Gasteiger partial charge in [-0.3, -0.25) is 9.36 Å². The largest absolute Gasteiger partial charge is 0.458 e. The van der Waals surface area contributed by atoms with Gasteiger partial charge in [0.05, 0.1) is 12.0 Å². The maximum absolute atomic E-state index is 15.4. The molecule has 0 saturated carbocycles. The quantitative estimate of drug-likeness (QED) is 0.478. The second kappa shape index (κ2) is 7.48. The van der Waals surface area contributed by atoms with Crippen LogP contribution in [0.4, 0.5) is 10.2 Å². The summed E-state index contributed by atoms with van der Waals surface area (Å²) >= 11 is 0. The fourth-order valence-corrected chi connectivity index (χ4v) is 3.49. The number of alkyl halides is 1. The minimum absolute atomic E-state index is 0.191. The number of fused-ring (bicyclic) bond motifs is 1. The lowest BCUT2D eigenvalue weighted by atomic mass is 10.0. The lowest BCUT2D eigenvalue weighted by molar-refractivity contribution is -0.248. The van der Waals surface area contributed by atoms with Crippen LogP contribution in [-0.4, -0.2) is 61.9 Å². The van der Waals surface area contributed by atoms with E-state index in [4.69, 9.17) is 20.9 Å². The Morgan fingerprint density at radius 2 is 2.21 bits per heavy atom. The molecule has 3 heterocycles. The van der Waals surface area contributed by atoms with Crippen molar-refractivity contribution in [3.8, 4) is 0 Å². The molecule has 11 heteroatoms. The number of nitrogen functional groups attached to an aromatic ring is 1. The summed E-state index contributed by atoms with van der Waals surface area (Å²) in [6.45, 7) is 3.67. The van der Waals surface area contributed by atoms with Crippen LogP contribution in [0.3, 0.4) is 0 Å². The molecular formula is C18H26FN5O5. The van der Waals surface area contributed by atoms with Gasteiger partial charge in [0.25, 0.3) is 0 Å². The maximum Gasteiger partial charge on any atom is 0.323 e. The molecule has 1 aliphatic rings. The molecule has 0 radical (unpaired) electrons. The fourth-order valence-electron chi connectivity index (χ4n) is 3.49. The van der Waals surface area contributed by atoms with E-state index in [1.807, 2.05) is 0 Å². The van der Waals surface area contributed by atoms with Crippen molar-refractivity contribution in [1.82, 2.24) is 14.5 Å². The number of carbonyl (C=O) groups excluding carboxylic acids is 1. The third-order valence-electron chi connectivity index (χ3n) is 5.24. The number of carbonyl (C=O) groups is 1. The van der Waals surface area contributed by atoms with Gasteiger partial charge in [-0.1, -0.05) is 13.8 Å². The van der Waals surface area contributed by atoms with Crippen LogP contribution in [0.1, 0.15) is 25.8 Å². The Labute approximate surface area is 166 Å². The number of anilines is 1.